The lowest BCUT2D eigenvalue weighted by Gasteiger charge is -2.12. The summed E-state index contributed by atoms with van der Waals surface area (Å²) in [4.78, 5) is 24.9. The summed E-state index contributed by atoms with van der Waals surface area (Å²) in [5.41, 5.74) is 14.2. The fourth-order valence-electron chi connectivity index (χ4n) is 9.18. The summed E-state index contributed by atoms with van der Waals surface area (Å²) in [6, 6.07) is 62.9. The lowest BCUT2D eigenvalue weighted by Crippen LogP contribution is -2.02. The van der Waals surface area contributed by atoms with Crippen LogP contribution in [0.1, 0.15) is 0 Å². The van der Waals surface area contributed by atoms with E-state index in [-0.39, 0.29) is 0 Å². The number of hydrogen-bond acceptors (Lipinski definition) is 6. The maximum atomic E-state index is 6.11. The molecule has 0 radical (unpaired) electrons. The van der Waals surface area contributed by atoms with Crippen molar-refractivity contribution in [2.75, 3.05) is 0 Å². The summed E-state index contributed by atoms with van der Waals surface area (Å²) >= 11 is 0. The molecule has 0 saturated heterocycles. The Kier molecular flexibility index (Phi) is 7.74. The van der Waals surface area contributed by atoms with E-state index < -0.39 is 0 Å². The Hall–Kier alpha value is -8.75. The van der Waals surface area contributed by atoms with Gasteiger partial charge >= 0.3 is 0 Å². The fourth-order valence-corrected chi connectivity index (χ4v) is 9.18. The quantitative estimate of drug-likeness (QED) is 0.166. The minimum Gasteiger partial charge on any atom is -0.454 e. The number of pyridine rings is 1. The molecule has 7 aromatic carbocycles. The molecule has 0 amide bonds. The first-order chi connectivity index (χ1) is 31.2. The average Bonchev–Trinajstić information content (AvgIpc) is 4.01. The number of furan rings is 1. The molecule has 6 aromatic heterocycles. The molecule has 6 heterocycles. The third-order valence-corrected chi connectivity index (χ3v) is 12.1. The molecule has 8 heteroatoms. The summed E-state index contributed by atoms with van der Waals surface area (Å²) in [7, 11) is 0. The molecule has 294 valence electrons. The van der Waals surface area contributed by atoms with Crippen LogP contribution in [0, 0.1) is 0 Å². The zero-order valence-electron chi connectivity index (χ0n) is 33.6. The van der Waals surface area contributed by atoms with Gasteiger partial charge in [0, 0.05) is 67.1 Å². The second kappa shape index (κ2) is 13.9. The molecule has 13 rings (SSSR count). The Morgan fingerprint density at radius 3 is 1.71 bits per heavy atom. The van der Waals surface area contributed by atoms with E-state index in [0.717, 1.165) is 117 Å². The van der Waals surface area contributed by atoms with Gasteiger partial charge in [-0.05, 0) is 66.7 Å². The Morgan fingerprint density at radius 2 is 1.00 bits per heavy atom. The predicted octanol–water partition coefficient (Wildman–Crippen LogP) is 13.4. The van der Waals surface area contributed by atoms with E-state index in [9.17, 15) is 0 Å². The molecule has 13 aromatic rings. The van der Waals surface area contributed by atoms with Gasteiger partial charge in [0.15, 0.2) is 11.4 Å². The molecule has 63 heavy (non-hydrogen) atoms. The molecule has 0 fully saturated rings. The molecular formula is C55H33N7O. The number of benzene rings is 7. The summed E-state index contributed by atoms with van der Waals surface area (Å²) < 4.78 is 10.7. The van der Waals surface area contributed by atoms with Gasteiger partial charge in [-0.25, -0.2) is 15.0 Å². The van der Waals surface area contributed by atoms with Crippen molar-refractivity contribution in [3.05, 3.63) is 201 Å². The van der Waals surface area contributed by atoms with Gasteiger partial charge in [-0.3, -0.25) is 14.5 Å². The molecule has 0 bridgehead atoms. The van der Waals surface area contributed by atoms with Crippen LogP contribution in [0.4, 0.5) is 0 Å². The van der Waals surface area contributed by atoms with E-state index >= 15 is 0 Å². The van der Waals surface area contributed by atoms with Crippen LogP contribution in [0.25, 0.3) is 122 Å². The van der Waals surface area contributed by atoms with Crippen molar-refractivity contribution in [3.63, 3.8) is 0 Å². The van der Waals surface area contributed by atoms with E-state index in [1.165, 1.54) is 0 Å². The molecule has 0 spiro atoms. The Morgan fingerprint density at radius 1 is 0.381 bits per heavy atom. The number of fused-ring (bicyclic) bond motifs is 9. The second-order valence-corrected chi connectivity index (χ2v) is 15.8. The van der Waals surface area contributed by atoms with Crippen LogP contribution in [0.2, 0.25) is 0 Å². The highest BCUT2D eigenvalue weighted by Gasteiger charge is 2.19. The maximum Gasteiger partial charge on any atom is 0.162 e. The van der Waals surface area contributed by atoms with Crippen molar-refractivity contribution >= 4 is 65.7 Å². The maximum absolute atomic E-state index is 6.11. The zero-order chi connectivity index (χ0) is 41.4. The van der Waals surface area contributed by atoms with Gasteiger partial charge in [-0.1, -0.05) is 109 Å². The Bertz CT molecular complexity index is 3870. The minimum atomic E-state index is 0.673. The van der Waals surface area contributed by atoms with E-state index in [1.807, 2.05) is 73.2 Å². The third kappa shape index (κ3) is 5.66. The SMILES string of the molecule is c1ccc(-c2cc(-n3c4ccccc4c4cc(-c5cncc(-c6ccc7c(c6)c6ccccc6n7-c6ccc7oc8cccnc8c7c6)n5)ccc43)nc(-c3ccccc3)n2)cc1. The first-order valence-electron chi connectivity index (χ1n) is 20.9. The van der Waals surface area contributed by atoms with Crippen molar-refractivity contribution in [1.82, 2.24) is 34.1 Å². The average molecular weight is 808 g/mol. The number of para-hydroxylation sites is 2. The van der Waals surface area contributed by atoms with Crippen LogP contribution in [-0.2, 0) is 0 Å². The highest BCUT2D eigenvalue weighted by Crippen LogP contribution is 2.39. The van der Waals surface area contributed by atoms with Crippen LogP contribution in [0.3, 0.4) is 0 Å². The standard InChI is InChI=1S/C55H33N7O/c1-3-12-34(13-4-1)44-31-53(60-55(59-44)35-14-5-2-6-15-35)62-48-19-10-8-17-40(48)42-29-37(22-25-50(42)62)46-33-56-32-45(58-46)36-21-24-49-41(28-36)39-16-7-9-18-47(39)61(49)38-23-26-51-43(30-38)54-52(63-51)20-11-27-57-54/h1-33H. The molecule has 0 aliphatic carbocycles. The summed E-state index contributed by atoms with van der Waals surface area (Å²) in [5, 5.41) is 5.51. The number of hydrogen-bond donors (Lipinski definition) is 0. The van der Waals surface area contributed by atoms with E-state index in [2.05, 4.69) is 142 Å². The molecule has 0 aliphatic rings. The fraction of sp³-hybridized carbons (Fsp3) is 0. The summed E-state index contributed by atoms with van der Waals surface area (Å²) in [6.45, 7) is 0. The van der Waals surface area contributed by atoms with Gasteiger partial charge in [0.2, 0.25) is 0 Å². The van der Waals surface area contributed by atoms with Gasteiger partial charge in [-0.2, -0.15) is 0 Å². The molecule has 0 aliphatic heterocycles. The number of nitrogens with zero attached hydrogens (tertiary/aromatic N) is 7. The van der Waals surface area contributed by atoms with Crippen LogP contribution < -0.4 is 0 Å². The van der Waals surface area contributed by atoms with Crippen molar-refractivity contribution in [2.24, 2.45) is 0 Å². The normalized spacial score (nSPS) is 11.8. The first kappa shape index (κ1) is 35.0. The van der Waals surface area contributed by atoms with Gasteiger partial charge < -0.3 is 8.98 Å². The molecule has 0 N–H and O–H groups in total. The molecule has 0 atom stereocenters. The van der Waals surface area contributed by atoms with E-state index in [0.29, 0.717) is 5.82 Å². The third-order valence-electron chi connectivity index (χ3n) is 12.1. The van der Waals surface area contributed by atoms with Crippen LogP contribution in [0.15, 0.2) is 205 Å². The zero-order valence-corrected chi connectivity index (χ0v) is 33.6. The second-order valence-electron chi connectivity index (χ2n) is 15.8. The Labute approximate surface area is 360 Å². The van der Waals surface area contributed by atoms with Crippen LogP contribution in [0.5, 0.6) is 0 Å². The lowest BCUT2D eigenvalue weighted by atomic mass is 10.1. The van der Waals surface area contributed by atoms with E-state index in [4.69, 9.17) is 24.4 Å². The summed E-state index contributed by atoms with van der Waals surface area (Å²) in [5.74, 6) is 1.47. The topological polar surface area (TPSA) is 87.5 Å². The van der Waals surface area contributed by atoms with E-state index in [1.54, 1.807) is 0 Å². The minimum absolute atomic E-state index is 0.673. The van der Waals surface area contributed by atoms with Gasteiger partial charge in [0.1, 0.15) is 16.9 Å². The van der Waals surface area contributed by atoms with Crippen molar-refractivity contribution < 1.29 is 4.42 Å². The number of aromatic nitrogens is 7. The molecule has 8 nitrogen and oxygen atoms in total. The van der Waals surface area contributed by atoms with Crippen molar-refractivity contribution in [1.29, 1.82) is 0 Å². The highest BCUT2D eigenvalue weighted by molar-refractivity contribution is 6.12. The van der Waals surface area contributed by atoms with Gasteiger partial charge in [0.25, 0.3) is 0 Å². The summed E-state index contributed by atoms with van der Waals surface area (Å²) in [6.07, 6.45) is 5.51. The van der Waals surface area contributed by atoms with Crippen LogP contribution in [-0.4, -0.2) is 34.1 Å². The van der Waals surface area contributed by atoms with Gasteiger partial charge in [0.05, 0.1) is 51.5 Å². The van der Waals surface area contributed by atoms with Crippen molar-refractivity contribution in [2.45, 2.75) is 0 Å². The lowest BCUT2D eigenvalue weighted by molar-refractivity contribution is 0.668. The number of rotatable bonds is 6. The highest BCUT2D eigenvalue weighted by atomic mass is 16.3. The molecule has 0 unspecified atom stereocenters. The van der Waals surface area contributed by atoms with Gasteiger partial charge in [-0.15, -0.1) is 0 Å². The Balaban J connectivity index is 0.920. The molecule has 0 saturated carbocycles. The molecular weight excluding hydrogens is 775 g/mol. The monoisotopic (exact) mass is 807 g/mol. The van der Waals surface area contributed by atoms with Crippen molar-refractivity contribution in [3.8, 4) is 56.7 Å². The van der Waals surface area contributed by atoms with Crippen LogP contribution >= 0.6 is 0 Å². The predicted molar refractivity (Wildman–Crippen MR) is 253 cm³/mol. The largest absolute Gasteiger partial charge is 0.454 e. The first-order valence-corrected chi connectivity index (χ1v) is 20.9. The smallest absolute Gasteiger partial charge is 0.162 e.